The van der Waals surface area contributed by atoms with E-state index in [1.807, 2.05) is 43.5 Å². The maximum Gasteiger partial charge on any atom is 0.261 e. The lowest BCUT2D eigenvalue weighted by Gasteiger charge is -2.10. The Bertz CT molecular complexity index is 1040. The lowest BCUT2D eigenvalue weighted by molar-refractivity contribution is 0.0955. The number of hydrogen-bond donors (Lipinski definition) is 2. The van der Waals surface area contributed by atoms with Gasteiger partial charge in [-0.05, 0) is 36.2 Å². The first-order valence-electron chi connectivity index (χ1n) is 8.69. The highest BCUT2D eigenvalue weighted by Gasteiger charge is 2.15. The van der Waals surface area contributed by atoms with E-state index in [1.165, 1.54) is 4.88 Å². The molecule has 6 nitrogen and oxygen atoms in total. The van der Waals surface area contributed by atoms with Crippen LogP contribution in [-0.2, 0) is 13.0 Å². The summed E-state index contributed by atoms with van der Waals surface area (Å²) in [6, 6.07) is 9.79. The molecule has 7 heteroatoms. The molecule has 3 aromatic rings. The van der Waals surface area contributed by atoms with Crippen molar-refractivity contribution in [2.24, 2.45) is 4.99 Å². The van der Waals surface area contributed by atoms with Crippen LogP contribution in [0, 0.1) is 6.92 Å². The fourth-order valence-corrected chi connectivity index (χ4v) is 4.08. The van der Waals surface area contributed by atoms with Gasteiger partial charge in [0, 0.05) is 47.9 Å². The van der Waals surface area contributed by atoms with Gasteiger partial charge in [-0.1, -0.05) is 12.1 Å². The second kappa shape index (κ2) is 7.28. The predicted molar refractivity (Wildman–Crippen MR) is 108 cm³/mol. The fraction of sp³-hybridized carbons (Fsp3) is 0.200. The van der Waals surface area contributed by atoms with Crippen LogP contribution in [0.4, 0.5) is 5.95 Å². The van der Waals surface area contributed by atoms with Crippen LogP contribution in [0.25, 0.3) is 11.3 Å². The van der Waals surface area contributed by atoms with Crippen LogP contribution in [-0.4, -0.2) is 28.6 Å². The highest BCUT2D eigenvalue weighted by Crippen LogP contribution is 2.25. The highest BCUT2D eigenvalue weighted by molar-refractivity contribution is 7.14. The van der Waals surface area contributed by atoms with Gasteiger partial charge >= 0.3 is 0 Å². The van der Waals surface area contributed by atoms with Crippen molar-refractivity contribution in [2.45, 2.75) is 19.9 Å². The maximum atomic E-state index is 12.5. The van der Waals surface area contributed by atoms with Gasteiger partial charge in [0.25, 0.3) is 5.91 Å². The van der Waals surface area contributed by atoms with E-state index in [-0.39, 0.29) is 11.9 Å². The highest BCUT2D eigenvalue weighted by atomic mass is 32.1. The first-order valence-corrected chi connectivity index (χ1v) is 9.51. The van der Waals surface area contributed by atoms with E-state index in [0.29, 0.717) is 6.54 Å². The zero-order chi connectivity index (χ0) is 18.8. The monoisotopic (exact) mass is 377 g/mol. The van der Waals surface area contributed by atoms with Gasteiger partial charge in [-0.25, -0.2) is 9.97 Å². The molecule has 0 aliphatic carbocycles. The third kappa shape index (κ3) is 3.73. The molecule has 1 amide bonds. The molecule has 1 aromatic carbocycles. The Labute approximate surface area is 161 Å². The summed E-state index contributed by atoms with van der Waals surface area (Å²) in [6.07, 6.45) is 4.42. The zero-order valence-corrected chi connectivity index (χ0v) is 15.7. The third-order valence-electron chi connectivity index (χ3n) is 4.52. The second-order valence-electron chi connectivity index (χ2n) is 6.40. The number of nitrogen functional groups attached to an aromatic ring is 1. The number of carbonyl (C=O) groups excluding carboxylic acids is 1. The molecule has 136 valence electrons. The minimum Gasteiger partial charge on any atom is -0.368 e. The van der Waals surface area contributed by atoms with Gasteiger partial charge < -0.3 is 11.1 Å². The average molecular weight is 377 g/mol. The van der Waals surface area contributed by atoms with Crippen LogP contribution >= 0.6 is 11.3 Å². The summed E-state index contributed by atoms with van der Waals surface area (Å²) in [5.74, 6) is 0.208. The third-order valence-corrected chi connectivity index (χ3v) is 5.73. The van der Waals surface area contributed by atoms with Gasteiger partial charge in [0.05, 0.1) is 10.6 Å². The van der Waals surface area contributed by atoms with E-state index in [1.54, 1.807) is 17.5 Å². The van der Waals surface area contributed by atoms with Crippen molar-refractivity contribution in [3.05, 3.63) is 63.0 Å². The fourth-order valence-electron chi connectivity index (χ4n) is 3.04. The Kier molecular flexibility index (Phi) is 4.68. The number of aromatic nitrogens is 2. The molecular formula is C20H19N5OS. The number of hydrogen-bond acceptors (Lipinski definition) is 6. The van der Waals surface area contributed by atoms with Crippen molar-refractivity contribution in [1.29, 1.82) is 0 Å². The molecule has 1 aliphatic heterocycles. The summed E-state index contributed by atoms with van der Waals surface area (Å²) in [4.78, 5) is 26.9. The molecule has 0 unspecified atom stereocenters. The van der Waals surface area contributed by atoms with E-state index >= 15 is 0 Å². The number of nitrogens with zero attached hydrogens (tertiary/aromatic N) is 3. The number of aryl methyl sites for hydroxylation is 1. The standard InChI is InChI=1S/C20H19N5OS/c1-12-8-13(16-4-7-23-20(21)25-16)2-3-14(12)11-24-19(26)18-9-15-10-22-6-5-17(15)27-18/h2-4,7-10H,5-6,11H2,1H3,(H,24,26)(H2,21,23,25). The molecule has 3 heterocycles. The van der Waals surface area contributed by atoms with Crippen LogP contribution < -0.4 is 11.1 Å². The number of anilines is 1. The number of rotatable bonds is 4. The smallest absolute Gasteiger partial charge is 0.261 e. The largest absolute Gasteiger partial charge is 0.368 e. The van der Waals surface area contributed by atoms with Crippen molar-refractivity contribution in [2.75, 3.05) is 12.3 Å². The molecule has 2 aromatic heterocycles. The number of thiophene rings is 1. The Balaban J connectivity index is 1.46. The number of carbonyl (C=O) groups is 1. The second-order valence-corrected chi connectivity index (χ2v) is 7.54. The van der Waals surface area contributed by atoms with Crippen molar-refractivity contribution < 1.29 is 4.79 Å². The number of benzene rings is 1. The molecule has 0 radical (unpaired) electrons. The van der Waals surface area contributed by atoms with E-state index < -0.39 is 0 Å². The molecule has 0 saturated heterocycles. The predicted octanol–water partition coefficient (Wildman–Crippen LogP) is 3.00. The summed E-state index contributed by atoms with van der Waals surface area (Å²) in [6.45, 7) is 3.31. The van der Waals surface area contributed by atoms with E-state index in [0.717, 1.165) is 45.8 Å². The number of amides is 1. The molecule has 0 fully saturated rings. The molecule has 0 bridgehead atoms. The average Bonchev–Trinajstić information content (AvgIpc) is 3.11. The molecular weight excluding hydrogens is 358 g/mol. The molecule has 1 aliphatic rings. The zero-order valence-electron chi connectivity index (χ0n) is 14.9. The quantitative estimate of drug-likeness (QED) is 0.731. The summed E-state index contributed by atoms with van der Waals surface area (Å²) >= 11 is 1.55. The van der Waals surface area contributed by atoms with Crippen molar-refractivity contribution in [3.8, 4) is 11.3 Å². The summed E-state index contributed by atoms with van der Waals surface area (Å²) < 4.78 is 0. The lowest BCUT2D eigenvalue weighted by Crippen LogP contribution is -2.22. The Morgan fingerprint density at radius 1 is 1.30 bits per heavy atom. The van der Waals surface area contributed by atoms with Crippen LogP contribution in [0.1, 0.15) is 31.2 Å². The van der Waals surface area contributed by atoms with Gasteiger partial charge in [0.1, 0.15) is 0 Å². The number of aliphatic imine (C=N–C) groups is 1. The summed E-state index contributed by atoms with van der Waals surface area (Å²) in [5.41, 5.74) is 10.6. The van der Waals surface area contributed by atoms with Crippen molar-refractivity contribution in [1.82, 2.24) is 15.3 Å². The van der Waals surface area contributed by atoms with Gasteiger partial charge in [0.15, 0.2) is 0 Å². The van der Waals surface area contributed by atoms with Gasteiger partial charge in [-0.15, -0.1) is 11.3 Å². The molecule has 0 saturated carbocycles. The van der Waals surface area contributed by atoms with E-state index in [9.17, 15) is 4.79 Å². The van der Waals surface area contributed by atoms with Gasteiger partial charge in [-0.2, -0.15) is 0 Å². The van der Waals surface area contributed by atoms with Crippen LogP contribution in [0.2, 0.25) is 0 Å². The molecule has 0 atom stereocenters. The molecule has 3 N–H and O–H groups in total. The Hall–Kier alpha value is -3.06. The summed E-state index contributed by atoms with van der Waals surface area (Å²) in [7, 11) is 0. The van der Waals surface area contributed by atoms with Crippen LogP contribution in [0.5, 0.6) is 0 Å². The SMILES string of the molecule is Cc1cc(-c2ccnc(N)n2)ccc1CNC(=O)c1cc2c(s1)CCN=C2. The van der Waals surface area contributed by atoms with Crippen molar-refractivity contribution >= 4 is 29.4 Å². The van der Waals surface area contributed by atoms with Crippen LogP contribution in [0.3, 0.4) is 0 Å². The first kappa shape index (κ1) is 17.4. The minimum absolute atomic E-state index is 0.0464. The Morgan fingerprint density at radius 3 is 2.96 bits per heavy atom. The van der Waals surface area contributed by atoms with Gasteiger partial charge in [0.2, 0.25) is 5.95 Å². The topological polar surface area (TPSA) is 93.3 Å². The van der Waals surface area contributed by atoms with Crippen molar-refractivity contribution in [3.63, 3.8) is 0 Å². The molecule has 27 heavy (non-hydrogen) atoms. The molecule has 4 rings (SSSR count). The van der Waals surface area contributed by atoms with E-state index in [4.69, 9.17) is 5.73 Å². The van der Waals surface area contributed by atoms with Crippen LogP contribution in [0.15, 0.2) is 41.5 Å². The normalized spacial score (nSPS) is 12.6. The Morgan fingerprint density at radius 2 is 2.19 bits per heavy atom. The maximum absolute atomic E-state index is 12.5. The number of fused-ring (bicyclic) bond motifs is 1. The summed E-state index contributed by atoms with van der Waals surface area (Å²) in [5, 5.41) is 3.01. The lowest BCUT2D eigenvalue weighted by atomic mass is 10.0. The number of nitrogens with two attached hydrogens (primary N) is 1. The van der Waals surface area contributed by atoms with Gasteiger partial charge in [-0.3, -0.25) is 9.79 Å². The molecule has 0 spiro atoms. The number of nitrogens with one attached hydrogen (secondary N) is 1. The minimum atomic E-state index is -0.0464. The van der Waals surface area contributed by atoms with E-state index in [2.05, 4.69) is 20.3 Å². The first-order chi connectivity index (χ1) is 13.1.